The van der Waals surface area contributed by atoms with E-state index in [-0.39, 0.29) is 51.3 Å². The van der Waals surface area contributed by atoms with E-state index in [2.05, 4.69) is 14.6 Å². The molecule has 0 N–H and O–H groups in total. The van der Waals surface area contributed by atoms with Crippen molar-refractivity contribution in [2.75, 3.05) is 56.6 Å². The van der Waals surface area contributed by atoms with Crippen LogP contribution in [0.2, 0.25) is 10.0 Å². The standard InChI is InChI=1S/C34H36Cl2F2N4O9S/c1-52(45,46)42(9-8-40-10-12-47-13-11-40)23-5-6-27-30(15-23)51-34(44)41(27)19-32(43)49-29(16-24-25(35)17-39-18-26(24)36)22-4-7-28(50-33(37)38)31(14-22)48-20-21-2-3-21/h4-7,14-15,17-18,21,29,33H,2-3,8-13,16,19-20H2,1H3. The number of pyridine rings is 1. The molecule has 2 aromatic heterocycles. The second-order valence-corrected chi connectivity index (χ2v) is 15.2. The van der Waals surface area contributed by atoms with E-state index in [0.717, 1.165) is 23.7 Å². The summed E-state index contributed by atoms with van der Waals surface area (Å²) in [5.74, 6) is -1.56. The van der Waals surface area contributed by atoms with Gasteiger partial charge in [0.25, 0.3) is 0 Å². The van der Waals surface area contributed by atoms with E-state index in [4.69, 9.17) is 41.8 Å². The number of anilines is 1. The van der Waals surface area contributed by atoms with Crippen molar-refractivity contribution in [1.82, 2.24) is 14.5 Å². The lowest BCUT2D eigenvalue weighted by atomic mass is 10.0. The number of halogens is 4. The van der Waals surface area contributed by atoms with Gasteiger partial charge in [0.15, 0.2) is 17.1 Å². The van der Waals surface area contributed by atoms with Crippen LogP contribution < -0.4 is 19.5 Å². The van der Waals surface area contributed by atoms with Crippen LogP contribution >= 0.6 is 23.2 Å². The average molecular weight is 786 g/mol. The van der Waals surface area contributed by atoms with Gasteiger partial charge in [0.05, 0.1) is 47.3 Å². The third-order valence-electron chi connectivity index (χ3n) is 8.69. The van der Waals surface area contributed by atoms with Gasteiger partial charge in [-0.1, -0.05) is 29.3 Å². The zero-order valence-corrected chi connectivity index (χ0v) is 30.3. The number of rotatable bonds is 16. The highest BCUT2D eigenvalue weighted by Crippen LogP contribution is 2.38. The topological polar surface area (TPSA) is 143 Å². The van der Waals surface area contributed by atoms with Crippen LogP contribution in [0.5, 0.6) is 11.5 Å². The second-order valence-electron chi connectivity index (χ2n) is 12.5. The van der Waals surface area contributed by atoms with Crippen molar-refractivity contribution in [3.05, 3.63) is 80.5 Å². The number of carbonyl (C=O) groups is 1. The zero-order chi connectivity index (χ0) is 37.0. The number of esters is 1. The molecule has 1 saturated heterocycles. The van der Waals surface area contributed by atoms with Crippen molar-refractivity contribution in [2.45, 2.75) is 38.5 Å². The van der Waals surface area contributed by atoms with Crippen molar-refractivity contribution in [3.8, 4) is 11.5 Å². The maximum absolute atomic E-state index is 13.6. The Hall–Kier alpha value is -3.96. The van der Waals surface area contributed by atoms with Gasteiger partial charge in [0.2, 0.25) is 10.0 Å². The Labute approximate surface area is 307 Å². The number of benzene rings is 2. The van der Waals surface area contributed by atoms with Gasteiger partial charge >= 0.3 is 18.3 Å². The molecule has 0 spiro atoms. The molecule has 1 aliphatic carbocycles. The molecule has 0 bridgehead atoms. The Morgan fingerprint density at radius 2 is 1.81 bits per heavy atom. The number of carbonyl (C=O) groups excluding carboxylic acids is 1. The maximum Gasteiger partial charge on any atom is 0.420 e. The molecule has 0 radical (unpaired) electrons. The number of fused-ring (bicyclic) bond motifs is 1. The van der Waals surface area contributed by atoms with Crippen LogP contribution in [0.4, 0.5) is 14.5 Å². The first kappa shape index (κ1) is 37.8. The number of oxazole rings is 1. The van der Waals surface area contributed by atoms with E-state index < -0.39 is 41.0 Å². The Kier molecular flexibility index (Phi) is 11.9. The fourth-order valence-corrected chi connectivity index (χ4v) is 7.23. The van der Waals surface area contributed by atoms with E-state index in [1.54, 1.807) is 0 Å². The largest absolute Gasteiger partial charge is 0.489 e. The van der Waals surface area contributed by atoms with Gasteiger partial charge in [0, 0.05) is 51.1 Å². The molecular formula is C34H36Cl2F2N4O9S. The van der Waals surface area contributed by atoms with Gasteiger partial charge < -0.3 is 23.4 Å². The molecule has 2 aliphatic rings. The van der Waals surface area contributed by atoms with Crippen LogP contribution in [-0.2, 0) is 37.3 Å². The second kappa shape index (κ2) is 16.4. The normalized spacial score (nSPS) is 15.9. The molecule has 18 heteroatoms. The summed E-state index contributed by atoms with van der Waals surface area (Å²) in [6.07, 6.45) is 4.65. The lowest BCUT2D eigenvalue weighted by Crippen LogP contribution is -2.43. The molecule has 280 valence electrons. The number of ether oxygens (including phenoxy) is 4. The molecule has 3 heterocycles. The van der Waals surface area contributed by atoms with Crippen LogP contribution in [0.3, 0.4) is 0 Å². The molecule has 52 heavy (non-hydrogen) atoms. The van der Waals surface area contributed by atoms with E-state index in [9.17, 15) is 26.8 Å². The lowest BCUT2D eigenvalue weighted by molar-refractivity contribution is -0.150. The summed E-state index contributed by atoms with van der Waals surface area (Å²) >= 11 is 12.8. The smallest absolute Gasteiger partial charge is 0.420 e. The van der Waals surface area contributed by atoms with Crippen molar-refractivity contribution in [1.29, 1.82) is 0 Å². The monoisotopic (exact) mass is 784 g/mol. The Morgan fingerprint density at radius 3 is 2.48 bits per heavy atom. The third-order valence-corrected chi connectivity index (χ3v) is 10.5. The minimum absolute atomic E-state index is 0.0404. The van der Waals surface area contributed by atoms with Gasteiger partial charge in [-0.2, -0.15) is 8.78 Å². The summed E-state index contributed by atoms with van der Waals surface area (Å²) in [7, 11) is -3.70. The third kappa shape index (κ3) is 9.52. The van der Waals surface area contributed by atoms with Gasteiger partial charge in [-0.25, -0.2) is 13.2 Å². The number of morpholine rings is 1. The predicted molar refractivity (Wildman–Crippen MR) is 188 cm³/mol. The van der Waals surface area contributed by atoms with Gasteiger partial charge in [-0.3, -0.25) is 23.6 Å². The van der Waals surface area contributed by atoms with E-state index in [0.29, 0.717) is 56.5 Å². The first-order valence-electron chi connectivity index (χ1n) is 16.5. The molecular weight excluding hydrogens is 749 g/mol. The molecule has 0 amide bonds. The van der Waals surface area contributed by atoms with Gasteiger partial charge in [0.1, 0.15) is 12.6 Å². The number of hydrogen-bond acceptors (Lipinski definition) is 11. The number of hydrogen-bond donors (Lipinski definition) is 0. The minimum atomic E-state index is -3.70. The summed E-state index contributed by atoms with van der Waals surface area (Å²) in [5.41, 5.74) is 1.35. The zero-order valence-electron chi connectivity index (χ0n) is 28.0. The van der Waals surface area contributed by atoms with Crippen LogP contribution in [-0.4, -0.2) is 87.7 Å². The number of sulfonamides is 1. The minimum Gasteiger partial charge on any atom is -0.489 e. The predicted octanol–water partition coefficient (Wildman–Crippen LogP) is 5.31. The maximum atomic E-state index is 13.6. The van der Waals surface area contributed by atoms with Crippen molar-refractivity contribution < 1.29 is 45.4 Å². The van der Waals surface area contributed by atoms with Crippen LogP contribution in [0.15, 0.2) is 58.0 Å². The molecule has 1 unspecified atom stereocenters. The first-order valence-corrected chi connectivity index (χ1v) is 19.1. The highest BCUT2D eigenvalue weighted by molar-refractivity contribution is 7.92. The summed E-state index contributed by atoms with van der Waals surface area (Å²) in [4.78, 5) is 32.6. The Bertz CT molecular complexity index is 2050. The molecule has 2 fully saturated rings. The van der Waals surface area contributed by atoms with Crippen molar-refractivity contribution >= 4 is 56.0 Å². The Balaban J connectivity index is 1.25. The summed E-state index contributed by atoms with van der Waals surface area (Å²) < 4.78 is 81.5. The molecule has 4 aromatic rings. The first-order chi connectivity index (χ1) is 24.9. The van der Waals surface area contributed by atoms with E-state index >= 15 is 0 Å². The van der Waals surface area contributed by atoms with Crippen LogP contribution in [0.25, 0.3) is 11.1 Å². The summed E-state index contributed by atoms with van der Waals surface area (Å²) in [5, 5.41) is 0.412. The average Bonchev–Trinajstić information content (AvgIpc) is 3.87. The number of alkyl halides is 2. The van der Waals surface area contributed by atoms with Gasteiger partial charge in [-0.05, 0) is 54.2 Å². The van der Waals surface area contributed by atoms with Crippen molar-refractivity contribution in [3.63, 3.8) is 0 Å². The molecule has 1 aliphatic heterocycles. The summed E-state index contributed by atoms with van der Waals surface area (Å²) in [6.45, 7) is -0.250. The number of nitrogens with zero attached hydrogens (tertiary/aromatic N) is 4. The molecule has 13 nitrogen and oxygen atoms in total. The fourth-order valence-electron chi connectivity index (χ4n) is 5.80. The molecule has 6 rings (SSSR count). The van der Waals surface area contributed by atoms with Crippen molar-refractivity contribution in [2.24, 2.45) is 5.92 Å². The summed E-state index contributed by atoms with van der Waals surface area (Å²) in [6, 6.07) is 8.66. The van der Waals surface area contributed by atoms with Crippen LogP contribution in [0.1, 0.15) is 30.1 Å². The lowest BCUT2D eigenvalue weighted by Gasteiger charge is -2.30. The van der Waals surface area contributed by atoms with E-state index in [1.807, 2.05) is 0 Å². The molecule has 1 atom stereocenters. The Morgan fingerprint density at radius 1 is 1.08 bits per heavy atom. The van der Waals surface area contributed by atoms with E-state index in [1.165, 1.54) is 53.1 Å². The molecule has 2 aromatic carbocycles. The SMILES string of the molecule is CS(=O)(=O)N(CCN1CCOCC1)c1ccc2c(c1)oc(=O)n2CC(=O)OC(Cc1c(Cl)cncc1Cl)c1ccc(OC(F)F)c(OCC2CC2)c1. The highest BCUT2D eigenvalue weighted by atomic mass is 35.5. The highest BCUT2D eigenvalue weighted by Gasteiger charge is 2.27. The van der Waals surface area contributed by atoms with Gasteiger partial charge in [-0.15, -0.1) is 0 Å². The molecule has 1 saturated carbocycles. The quantitative estimate of drug-likeness (QED) is 0.137. The number of aromatic nitrogens is 2. The van der Waals surface area contributed by atoms with Crippen LogP contribution in [0, 0.1) is 5.92 Å². The fraction of sp³-hybridized carbons (Fsp3) is 0.441.